The molecule has 1 aromatic heterocycles. The summed E-state index contributed by atoms with van der Waals surface area (Å²) in [6, 6.07) is 5.79. The maximum absolute atomic E-state index is 11.6. The van der Waals surface area contributed by atoms with Gasteiger partial charge in [0.15, 0.2) is 5.43 Å². The highest BCUT2D eigenvalue weighted by atomic mass is 16.5. The van der Waals surface area contributed by atoms with Crippen LogP contribution in [0.4, 0.5) is 0 Å². The van der Waals surface area contributed by atoms with Gasteiger partial charge < -0.3 is 14.3 Å². The van der Waals surface area contributed by atoms with Gasteiger partial charge in [-0.15, -0.1) is 0 Å². The quantitative estimate of drug-likeness (QED) is 0.811. The van der Waals surface area contributed by atoms with Gasteiger partial charge in [-0.2, -0.15) is 0 Å². The van der Waals surface area contributed by atoms with Gasteiger partial charge in [-0.1, -0.05) is 0 Å². The third-order valence-electron chi connectivity index (χ3n) is 2.05. The fourth-order valence-electron chi connectivity index (χ4n) is 1.41. The van der Waals surface area contributed by atoms with Crippen LogP contribution in [0.2, 0.25) is 0 Å². The number of rotatable bonds is 2. The standard InChI is InChI=1S/C11H10O4/c1-14-6-8-5-10(13)9-3-2-7(12)4-11(9)15-8/h2-5,12H,6H2,1H3. The highest BCUT2D eigenvalue weighted by molar-refractivity contribution is 5.77. The minimum absolute atomic E-state index is 0.0696. The Balaban J connectivity index is 2.68. The molecule has 4 nitrogen and oxygen atoms in total. The van der Waals surface area contributed by atoms with Crippen LogP contribution in [0.15, 0.2) is 33.5 Å². The lowest BCUT2D eigenvalue weighted by Gasteiger charge is -2.01. The van der Waals surface area contributed by atoms with Crippen molar-refractivity contribution >= 4 is 11.0 Å². The molecule has 0 radical (unpaired) electrons. The molecule has 1 N–H and O–H groups in total. The van der Waals surface area contributed by atoms with Crippen molar-refractivity contribution in [2.45, 2.75) is 6.61 Å². The lowest BCUT2D eigenvalue weighted by molar-refractivity contribution is 0.165. The van der Waals surface area contributed by atoms with Gasteiger partial charge in [0.1, 0.15) is 23.7 Å². The lowest BCUT2D eigenvalue weighted by Crippen LogP contribution is -2.02. The van der Waals surface area contributed by atoms with Crippen molar-refractivity contribution in [2.24, 2.45) is 0 Å². The molecule has 0 spiro atoms. The summed E-state index contributed by atoms with van der Waals surface area (Å²) in [5, 5.41) is 9.70. The summed E-state index contributed by atoms with van der Waals surface area (Å²) in [7, 11) is 1.52. The van der Waals surface area contributed by atoms with Crippen molar-refractivity contribution in [3.8, 4) is 5.75 Å². The Morgan fingerprint density at radius 1 is 1.40 bits per heavy atom. The first-order valence-corrected chi connectivity index (χ1v) is 4.45. The Labute approximate surface area is 85.7 Å². The molecule has 0 aliphatic heterocycles. The molecule has 0 atom stereocenters. The largest absolute Gasteiger partial charge is 0.508 e. The fourth-order valence-corrected chi connectivity index (χ4v) is 1.41. The molecule has 2 aromatic rings. The second-order valence-electron chi connectivity index (χ2n) is 3.19. The number of aromatic hydroxyl groups is 1. The van der Waals surface area contributed by atoms with Gasteiger partial charge in [0.25, 0.3) is 0 Å². The summed E-state index contributed by atoms with van der Waals surface area (Å²) in [5.41, 5.74) is 0.234. The van der Waals surface area contributed by atoms with Crippen molar-refractivity contribution < 1.29 is 14.3 Å². The van der Waals surface area contributed by atoms with Crippen molar-refractivity contribution in [2.75, 3.05) is 7.11 Å². The van der Waals surface area contributed by atoms with Gasteiger partial charge in [-0.05, 0) is 12.1 Å². The number of benzene rings is 1. The summed E-state index contributed by atoms with van der Waals surface area (Å²) < 4.78 is 10.2. The molecule has 0 unspecified atom stereocenters. The van der Waals surface area contributed by atoms with E-state index in [1.807, 2.05) is 0 Å². The van der Waals surface area contributed by atoms with E-state index in [0.717, 1.165) is 0 Å². The van der Waals surface area contributed by atoms with E-state index in [0.29, 0.717) is 16.7 Å². The molecule has 4 heteroatoms. The van der Waals surface area contributed by atoms with Crippen molar-refractivity contribution in [1.82, 2.24) is 0 Å². The number of fused-ring (bicyclic) bond motifs is 1. The van der Waals surface area contributed by atoms with Crippen LogP contribution in [0.25, 0.3) is 11.0 Å². The monoisotopic (exact) mass is 206 g/mol. The van der Waals surface area contributed by atoms with Crippen LogP contribution in [0, 0.1) is 0 Å². The number of hydrogen-bond acceptors (Lipinski definition) is 4. The molecule has 15 heavy (non-hydrogen) atoms. The first kappa shape index (κ1) is 9.73. The SMILES string of the molecule is COCc1cc(=O)c2ccc(O)cc2o1. The Morgan fingerprint density at radius 2 is 2.20 bits per heavy atom. The zero-order valence-corrected chi connectivity index (χ0v) is 8.19. The Bertz CT molecular complexity index is 542. The van der Waals surface area contributed by atoms with Crippen molar-refractivity contribution in [3.63, 3.8) is 0 Å². The second-order valence-corrected chi connectivity index (χ2v) is 3.19. The van der Waals surface area contributed by atoms with Crippen LogP contribution in [0.5, 0.6) is 5.75 Å². The molecule has 1 aromatic carbocycles. The van der Waals surface area contributed by atoms with Crippen molar-refractivity contribution in [1.29, 1.82) is 0 Å². The summed E-state index contributed by atoms with van der Waals surface area (Å²) in [4.78, 5) is 11.6. The highest BCUT2D eigenvalue weighted by Gasteiger charge is 2.04. The molecule has 1 heterocycles. The van der Waals surface area contributed by atoms with Crippen molar-refractivity contribution in [3.05, 3.63) is 40.2 Å². The Hall–Kier alpha value is -1.81. The number of ether oxygens (including phenoxy) is 1. The predicted molar refractivity (Wildman–Crippen MR) is 54.9 cm³/mol. The van der Waals surface area contributed by atoms with E-state index < -0.39 is 0 Å². The molecular weight excluding hydrogens is 196 g/mol. The van der Waals surface area contributed by atoms with Gasteiger partial charge in [-0.25, -0.2) is 0 Å². The average Bonchev–Trinajstić information content (AvgIpc) is 2.17. The summed E-state index contributed by atoms with van der Waals surface area (Å²) >= 11 is 0. The molecule has 0 aliphatic carbocycles. The molecule has 2 rings (SSSR count). The first-order valence-electron chi connectivity index (χ1n) is 4.45. The molecule has 0 aliphatic rings. The van der Waals surface area contributed by atoms with E-state index in [4.69, 9.17) is 9.15 Å². The van der Waals surface area contributed by atoms with E-state index in [1.165, 1.54) is 31.4 Å². The maximum Gasteiger partial charge on any atom is 0.193 e. The molecule has 0 saturated heterocycles. The molecule has 78 valence electrons. The summed E-state index contributed by atoms with van der Waals surface area (Å²) in [6.45, 7) is 0.237. The van der Waals surface area contributed by atoms with Gasteiger partial charge in [0.2, 0.25) is 0 Å². The molecule has 0 bridgehead atoms. The second kappa shape index (κ2) is 3.74. The first-order chi connectivity index (χ1) is 7.20. The number of hydrogen-bond donors (Lipinski definition) is 1. The summed E-state index contributed by atoms with van der Waals surface area (Å²) in [5.74, 6) is 0.515. The molecule has 0 amide bonds. The molecular formula is C11H10O4. The van der Waals surface area contributed by atoms with E-state index >= 15 is 0 Å². The van der Waals surface area contributed by atoms with E-state index in [1.54, 1.807) is 0 Å². The average molecular weight is 206 g/mol. The summed E-state index contributed by atoms with van der Waals surface area (Å²) in [6.07, 6.45) is 0. The third-order valence-corrected chi connectivity index (χ3v) is 2.05. The number of methoxy groups -OCH3 is 1. The fraction of sp³-hybridized carbons (Fsp3) is 0.182. The molecule has 0 fully saturated rings. The maximum atomic E-state index is 11.6. The van der Waals surface area contributed by atoms with Crippen LogP contribution in [-0.4, -0.2) is 12.2 Å². The predicted octanol–water partition coefficient (Wildman–Crippen LogP) is 1.64. The van der Waals surface area contributed by atoms with Crippen LogP contribution >= 0.6 is 0 Å². The van der Waals surface area contributed by atoms with Crippen LogP contribution in [0.3, 0.4) is 0 Å². The third kappa shape index (κ3) is 1.85. The smallest absolute Gasteiger partial charge is 0.193 e. The van der Waals surface area contributed by atoms with Crippen LogP contribution in [0.1, 0.15) is 5.76 Å². The Kier molecular flexibility index (Phi) is 2.43. The highest BCUT2D eigenvalue weighted by Crippen LogP contribution is 2.18. The number of phenols is 1. The molecule has 0 saturated carbocycles. The van der Waals surface area contributed by atoms with Gasteiger partial charge in [-0.3, -0.25) is 4.79 Å². The lowest BCUT2D eigenvalue weighted by atomic mass is 10.2. The zero-order valence-electron chi connectivity index (χ0n) is 8.19. The van der Waals surface area contributed by atoms with E-state index in [-0.39, 0.29) is 17.8 Å². The van der Waals surface area contributed by atoms with Gasteiger partial charge in [0.05, 0.1) is 5.39 Å². The minimum atomic E-state index is -0.136. The Morgan fingerprint density at radius 3 is 2.93 bits per heavy atom. The number of phenolic OH excluding ortho intramolecular Hbond substituents is 1. The topological polar surface area (TPSA) is 59.7 Å². The van der Waals surface area contributed by atoms with Gasteiger partial charge >= 0.3 is 0 Å². The normalized spacial score (nSPS) is 10.7. The van der Waals surface area contributed by atoms with E-state index in [2.05, 4.69) is 0 Å². The van der Waals surface area contributed by atoms with Crippen LogP contribution < -0.4 is 5.43 Å². The van der Waals surface area contributed by atoms with Gasteiger partial charge in [0, 0.05) is 19.2 Å². The van der Waals surface area contributed by atoms with E-state index in [9.17, 15) is 9.90 Å². The zero-order chi connectivity index (χ0) is 10.8. The minimum Gasteiger partial charge on any atom is -0.508 e. The van der Waals surface area contributed by atoms with Crippen LogP contribution in [-0.2, 0) is 11.3 Å².